The maximum atomic E-state index is 11.1. The third kappa shape index (κ3) is 1.34. The summed E-state index contributed by atoms with van der Waals surface area (Å²) in [6.45, 7) is 1.02. The van der Waals surface area contributed by atoms with Crippen LogP contribution in [-0.2, 0) is 4.79 Å². The second kappa shape index (κ2) is 2.91. The lowest BCUT2D eigenvalue weighted by atomic mass is 9.85. The number of primary amides is 1. The molecule has 3 nitrogen and oxygen atoms in total. The third-order valence-electron chi connectivity index (χ3n) is 2.82. The molecule has 0 fully saturated rings. The zero-order chi connectivity index (χ0) is 9.42. The standard InChI is InChI=1S/C10H14N2O/c1-12-5-7-3-2-4-8(7)9(6-12)10(11)13/h2,4,6-8H,3,5H2,1H3,(H2,11,13)/t7-,8-/m0/s1. The summed E-state index contributed by atoms with van der Waals surface area (Å²) in [5.41, 5.74) is 6.07. The van der Waals surface area contributed by atoms with E-state index in [0.29, 0.717) is 5.92 Å². The Morgan fingerprint density at radius 3 is 3.15 bits per heavy atom. The molecule has 0 radical (unpaired) electrons. The van der Waals surface area contributed by atoms with Crippen molar-refractivity contribution in [3.63, 3.8) is 0 Å². The van der Waals surface area contributed by atoms with Gasteiger partial charge in [-0.25, -0.2) is 0 Å². The molecule has 13 heavy (non-hydrogen) atoms. The van der Waals surface area contributed by atoms with E-state index >= 15 is 0 Å². The fraction of sp³-hybridized carbons (Fsp3) is 0.500. The molecule has 0 aromatic rings. The molecule has 2 rings (SSSR count). The molecular formula is C10H14N2O. The minimum absolute atomic E-state index is 0.272. The maximum Gasteiger partial charge on any atom is 0.246 e. The Balaban J connectivity index is 2.30. The summed E-state index contributed by atoms with van der Waals surface area (Å²) in [5.74, 6) is 0.541. The van der Waals surface area contributed by atoms with E-state index < -0.39 is 0 Å². The van der Waals surface area contributed by atoms with Gasteiger partial charge in [-0.1, -0.05) is 12.2 Å². The van der Waals surface area contributed by atoms with Crippen molar-refractivity contribution >= 4 is 5.91 Å². The summed E-state index contributed by atoms with van der Waals surface area (Å²) in [6.07, 6.45) is 7.19. The van der Waals surface area contributed by atoms with Crippen LogP contribution >= 0.6 is 0 Å². The van der Waals surface area contributed by atoms with Gasteiger partial charge in [-0.15, -0.1) is 0 Å². The number of hydrogen-bond acceptors (Lipinski definition) is 2. The normalized spacial score (nSPS) is 31.5. The van der Waals surface area contributed by atoms with Crippen molar-refractivity contribution in [1.82, 2.24) is 4.90 Å². The van der Waals surface area contributed by atoms with Crippen molar-refractivity contribution in [2.45, 2.75) is 6.42 Å². The second-order valence-corrected chi connectivity index (χ2v) is 3.84. The number of carbonyl (C=O) groups excluding carboxylic acids is 1. The van der Waals surface area contributed by atoms with Gasteiger partial charge in [0.25, 0.3) is 0 Å². The number of allylic oxidation sites excluding steroid dienone is 2. The summed E-state index contributed by atoms with van der Waals surface area (Å²) < 4.78 is 0. The van der Waals surface area contributed by atoms with E-state index in [9.17, 15) is 4.79 Å². The molecule has 2 atom stereocenters. The van der Waals surface area contributed by atoms with E-state index in [2.05, 4.69) is 12.2 Å². The molecule has 2 N–H and O–H groups in total. The van der Waals surface area contributed by atoms with E-state index in [0.717, 1.165) is 18.5 Å². The van der Waals surface area contributed by atoms with E-state index in [4.69, 9.17) is 5.73 Å². The van der Waals surface area contributed by atoms with Gasteiger partial charge < -0.3 is 10.6 Å². The van der Waals surface area contributed by atoms with Gasteiger partial charge >= 0.3 is 0 Å². The Morgan fingerprint density at radius 1 is 1.69 bits per heavy atom. The molecule has 1 heterocycles. The largest absolute Gasteiger partial charge is 0.380 e. The Morgan fingerprint density at radius 2 is 2.46 bits per heavy atom. The van der Waals surface area contributed by atoms with Crippen molar-refractivity contribution < 1.29 is 4.79 Å². The topological polar surface area (TPSA) is 46.3 Å². The zero-order valence-corrected chi connectivity index (χ0v) is 7.73. The van der Waals surface area contributed by atoms with Crippen LogP contribution in [0.2, 0.25) is 0 Å². The monoisotopic (exact) mass is 178 g/mol. The van der Waals surface area contributed by atoms with Crippen LogP contribution in [0.3, 0.4) is 0 Å². The first kappa shape index (κ1) is 8.35. The highest BCUT2D eigenvalue weighted by Gasteiger charge is 2.32. The maximum absolute atomic E-state index is 11.1. The first-order valence-corrected chi connectivity index (χ1v) is 4.57. The molecule has 1 aliphatic carbocycles. The van der Waals surface area contributed by atoms with Gasteiger partial charge in [0, 0.05) is 31.3 Å². The molecule has 0 aromatic heterocycles. The Bertz CT molecular complexity index is 293. The van der Waals surface area contributed by atoms with E-state index in [-0.39, 0.29) is 11.8 Å². The second-order valence-electron chi connectivity index (χ2n) is 3.84. The highest BCUT2D eigenvalue weighted by molar-refractivity contribution is 5.93. The fourth-order valence-corrected chi connectivity index (χ4v) is 2.22. The molecule has 1 aliphatic heterocycles. The zero-order valence-electron chi connectivity index (χ0n) is 7.73. The Labute approximate surface area is 77.9 Å². The van der Waals surface area contributed by atoms with Gasteiger partial charge in [-0.3, -0.25) is 4.79 Å². The average molecular weight is 178 g/mol. The van der Waals surface area contributed by atoms with Crippen molar-refractivity contribution in [1.29, 1.82) is 0 Å². The minimum Gasteiger partial charge on any atom is -0.380 e. The van der Waals surface area contributed by atoms with E-state index in [1.54, 1.807) is 0 Å². The number of nitrogens with zero attached hydrogens (tertiary/aromatic N) is 1. The van der Waals surface area contributed by atoms with Gasteiger partial charge in [0.15, 0.2) is 0 Å². The molecule has 0 saturated heterocycles. The lowest BCUT2D eigenvalue weighted by molar-refractivity contribution is -0.115. The minimum atomic E-state index is -0.284. The van der Waals surface area contributed by atoms with Crippen molar-refractivity contribution in [2.75, 3.05) is 13.6 Å². The van der Waals surface area contributed by atoms with Crippen LogP contribution in [-0.4, -0.2) is 24.4 Å². The smallest absolute Gasteiger partial charge is 0.246 e. The first-order valence-electron chi connectivity index (χ1n) is 4.57. The Hall–Kier alpha value is -1.25. The van der Waals surface area contributed by atoms with E-state index in [1.807, 2.05) is 18.1 Å². The van der Waals surface area contributed by atoms with Gasteiger partial charge in [-0.2, -0.15) is 0 Å². The van der Waals surface area contributed by atoms with Crippen LogP contribution in [0.25, 0.3) is 0 Å². The predicted octanol–water partition coefficient (Wildman–Crippen LogP) is 0.493. The number of nitrogens with two attached hydrogens (primary N) is 1. The molecule has 70 valence electrons. The summed E-state index contributed by atoms with van der Waals surface area (Å²) in [4.78, 5) is 13.2. The number of rotatable bonds is 1. The number of carbonyl (C=O) groups is 1. The highest BCUT2D eigenvalue weighted by Crippen LogP contribution is 2.34. The molecule has 0 aromatic carbocycles. The number of hydrogen-bond donors (Lipinski definition) is 1. The van der Waals surface area contributed by atoms with Crippen LogP contribution < -0.4 is 5.73 Å². The van der Waals surface area contributed by atoms with Crippen molar-refractivity contribution in [3.05, 3.63) is 23.9 Å². The lowest BCUT2D eigenvalue weighted by Gasteiger charge is -2.31. The van der Waals surface area contributed by atoms with Gasteiger partial charge in [0.2, 0.25) is 5.91 Å². The number of amides is 1. The first-order chi connectivity index (χ1) is 6.18. The van der Waals surface area contributed by atoms with Crippen LogP contribution in [0, 0.1) is 11.8 Å². The molecule has 0 unspecified atom stereocenters. The molecule has 0 spiro atoms. The Kier molecular flexibility index (Phi) is 1.87. The van der Waals surface area contributed by atoms with Crippen LogP contribution in [0.15, 0.2) is 23.9 Å². The summed E-state index contributed by atoms with van der Waals surface area (Å²) in [6, 6.07) is 0. The van der Waals surface area contributed by atoms with Gasteiger partial charge in [-0.05, 0) is 12.3 Å². The average Bonchev–Trinajstić information content (AvgIpc) is 2.49. The molecule has 2 aliphatic rings. The molecule has 3 heteroatoms. The van der Waals surface area contributed by atoms with Crippen LogP contribution in [0.1, 0.15) is 6.42 Å². The van der Waals surface area contributed by atoms with Gasteiger partial charge in [0.05, 0.1) is 0 Å². The highest BCUT2D eigenvalue weighted by atomic mass is 16.1. The van der Waals surface area contributed by atoms with E-state index in [1.165, 1.54) is 0 Å². The molecule has 1 amide bonds. The summed E-state index contributed by atoms with van der Waals surface area (Å²) in [5, 5.41) is 0. The fourth-order valence-electron chi connectivity index (χ4n) is 2.22. The predicted molar refractivity (Wildman–Crippen MR) is 50.6 cm³/mol. The molecule has 0 bridgehead atoms. The third-order valence-corrected chi connectivity index (χ3v) is 2.82. The van der Waals surface area contributed by atoms with Gasteiger partial charge in [0.1, 0.15) is 0 Å². The molecular weight excluding hydrogens is 164 g/mol. The molecule has 0 saturated carbocycles. The van der Waals surface area contributed by atoms with Crippen molar-refractivity contribution in [3.8, 4) is 0 Å². The number of fused-ring (bicyclic) bond motifs is 1. The lowest BCUT2D eigenvalue weighted by Crippen LogP contribution is -2.35. The van der Waals surface area contributed by atoms with Crippen LogP contribution in [0.4, 0.5) is 0 Å². The summed E-state index contributed by atoms with van der Waals surface area (Å²) in [7, 11) is 1.98. The van der Waals surface area contributed by atoms with Crippen LogP contribution in [0.5, 0.6) is 0 Å². The summed E-state index contributed by atoms with van der Waals surface area (Å²) >= 11 is 0. The SMILES string of the molecule is CN1C=C(C(N)=O)[C@H]2C=CC[C@H]2C1. The quantitative estimate of drug-likeness (QED) is 0.594. The van der Waals surface area contributed by atoms with Crippen molar-refractivity contribution in [2.24, 2.45) is 17.6 Å².